The van der Waals surface area contributed by atoms with Gasteiger partial charge in [-0.05, 0) is 42.7 Å². The van der Waals surface area contributed by atoms with Crippen molar-refractivity contribution in [3.63, 3.8) is 0 Å². The molecule has 9 nitrogen and oxygen atoms in total. The van der Waals surface area contributed by atoms with E-state index in [1.165, 1.54) is 6.92 Å². The normalized spacial score (nSPS) is 13.1. The number of pyridine rings is 2. The van der Waals surface area contributed by atoms with Gasteiger partial charge in [0.15, 0.2) is 12.4 Å². The maximum absolute atomic E-state index is 11.6. The lowest BCUT2D eigenvalue weighted by molar-refractivity contribution is -0.157. The number of benzene rings is 1. The van der Waals surface area contributed by atoms with Gasteiger partial charge in [-0.25, -0.2) is 4.79 Å². The van der Waals surface area contributed by atoms with Crippen molar-refractivity contribution in [2.75, 3.05) is 6.61 Å². The predicted octanol–water partition coefficient (Wildman–Crippen LogP) is 3.74. The summed E-state index contributed by atoms with van der Waals surface area (Å²) >= 11 is 0. The Morgan fingerprint density at radius 2 is 1.81 bits per heavy atom. The second kappa shape index (κ2) is 11.9. The lowest BCUT2D eigenvalue weighted by atomic mass is 9.70. The van der Waals surface area contributed by atoms with E-state index in [1.54, 1.807) is 24.5 Å². The zero-order chi connectivity index (χ0) is 26.1. The highest BCUT2D eigenvalue weighted by molar-refractivity contribution is 5.97. The van der Waals surface area contributed by atoms with Crippen LogP contribution in [0.5, 0.6) is 5.75 Å². The van der Waals surface area contributed by atoms with E-state index in [0.29, 0.717) is 17.9 Å². The summed E-state index contributed by atoms with van der Waals surface area (Å²) in [6.07, 6.45) is 3.46. The summed E-state index contributed by atoms with van der Waals surface area (Å²) in [5.74, 6) is -0.497. The number of rotatable bonds is 10. The van der Waals surface area contributed by atoms with E-state index in [1.807, 2.05) is 42.5 Å². The summed E-state index contributed by atoms with van der Waals surface area (Å²) in [6.45, 7) is 7.44. The van der Waals surface area contributed by atoms with Crippen LogP contribution in [0.25, 0.3) is 0 Å². The first-order valence-electron chi connectivity index (χ1n) is 11.5. The number of carbonyl (C=O) groups excluding carboxylic acids is 2. The average molecular weight is 491 g/mol. The van der Waals surface area contributed by atoms with E-state index >= 15 is 0 Å². The summed E-state index contributed by atoms with van der Waals surface area (Å²) in [6, 6.07) is 17.1. The second-order valence-electron chi connectivity index (χ2n) is 8.64. The molecule has 0 aliphatic heterocycles. The highest BCUT2D eigenvalue weighted by Gasteiger charge is 2.34. The Kier molecular flexibility index (Phi) is 8.72. The number of ether oxygens (including phenoxy) is 2. The van der Waals surface area contributed by atoms with Gasteiger partial charge in [-0.3, -0.25) is 14.8 Å². The zero-order valence-corrected chi connectivity index (χ0v) is 20.8. The van der Waals surface area contributed by atoms with Crippen LogP contribution in [0.2, 0.25) is 0 Å². The van der Waals surface area contributed by atoms with Crippen LogP contribution in [-0.4, -0.2) is 34.3 Å². The van der Waals surface area contributed by atoms with Crippen molar-refractivity contribution in [1.29, 1.82) is 0 Å². The molecule has 1 atom stereocenters. The van der Waals surface area contributed by atoms with E-state index in [9.17, 15) is 9.59 Å². The lowest BCUT2D eigenvalue weighted by Crippen LogP contribution is -2.31. The third-order valence-corrected chi connectivity index (χ3v) is 5.96. The number of esters is 1. The van der Waals surface area contributed by atoms with Crippen LogP contribution in [0.1, 0.15) is 50.2 Å². The fraction of sp³-hybridized carbons (Fsp3) is 0.296. The molecule has 2 heterocycles. The Morgan fingerprint density at radius 1 is 1.06 bits per heavy atom. The minimum absolute atomic E-state index is 0.0245. The SMILES string of the molecule is CC(=O)OCC(=O)O/N=C(\N)c1ccc(C(C)(c2ccc(OCc3ccccn3)cn2)C(C)C)cc1. The molecule has 2 N–H and O–H groups in total. The summed E-state index contributed by atoms with van der Waals surface area (Å²) in [7, 11) is 0. The summed E-state index contributed by atoms with van der Waals surface area (Å²) in [5.41, 5.74) is 8.92. The molecule has 0 spiro atoms. The molecule has 9 heteroatoms. The van der Waals surface area contributed by atoms with Crippen molar-refractivity contribution in [3.05, 3.63) is 89.5 Å². The van der Waals surface area contributed by atoms with Crippen molar-refractivity contribution in [1.82, 2.24) is 9.97 Å². The molecule has 3 aromatic rings. The number of oxime groups is 1. The maximum atomic E-state index is 11.6. The number of amidine groups is 1. The maximum Gasteiger partial charge on any atom is 0.372 e. The average Bonchev–Trinajstić information content (AvgIpc) is 2.89. The van der Waals surface area contributed by atoms with Gasteiger partial charge in [-0.1, -0.05) is 49.3 Å². The molecule has 0 saturated carbocycles. The van der Waals surface area contributed by atoms with Crippen LogP contribution in [0, 0.1) is 5.92 Å². The minimum atomic E-state index is -0.823. The quantitative estimate of drug-likeness (QED) is 0.150. The molecular formula is C27H30N4O5. The number of hydrogen-bond donors (Lipinski definition) is 1. The van der Waals surface area contributed by atoms with Crippen molar-refractivity contribution >= 4 is 17.8 Å². The summed E-state index contributed by atoms with van der Waals surface area (Å²) < 4.78 is 10.4. The van der Waals surface area contributed by atoms with E-state index < -0.39 is 18.5 Å². The Bertz CT molecular complexity index is 1200. The first kappa shape index (κ1) is 26.3. The Morgan fingerprint density at radius 3 is 2.39 bits per heavy atom. The van der Waals surface area contributed by atoms with Gasteiger partial charge in [0.1, 0.15) is 12.4 Å². The smallest absolute Gasteiger partial charge is 0.372 e. The molecule has 0 amide bonds. The van der Waals surface area contributed by atoms with E-state index in [0.717, 1.165) is 17.0 Å². The Balaban J connectivity index is 1.72. The largest absolute Gasteiger partial charge is 0.486 e. The number of carbonyl (C=O) groups is 2. The van der Waals surface area contributed by atoms with Gasteiger partial charge in [0.2, 0.25) is 0 Å². The van der Waals surface area contributed by atoms with Crippen LogP contribution in [0.4, 0.5) is 0 Å². The van der Waals surface area contributed by atoms with Crippen LogP contribution >= 0.6 is 0 Å². The molecule has 0 radical (unpaired) electrons. The zero-order valence-electron chi connectivity index (χ0n) is 20.8. The van der Waals surface area contributed by atoms with Crippen LogP contribution in [0.15, 0.2) is 72.1 Å². The van der Waals surface area contributed by atoms with Crippen molar-refractivity contribution < 1.29 is 23.9 Å². The van der Waals surface area contributed by atoms with Gasteiger partial charge in [-0.2, -0.15) is 0 Å². The Labute approximate surface area is 210 Å². The molecule has 0 aliphatic rings. The molecule has 1 unspecified atom stereocenters. The van der Waals surface area contributed by atoms with Gasteiger partial charge in [0.05, 0.1) is 17.6 Å². The molecule has 0 bridgehead atoms. The number of nitrogens with zero attached hydrogens (tertiary/aromatic N) is 3. The molecule has 0 aliphatic carbocycles. The van der Waals surface area contributed by atoms with Crippen LogP contribution in [0.3, 0.4) is 0 Å². The van der Waals surface area contributed by atoms with Crippen LogP contribution < -0.4 is 10.5 Å². The van der Waals surface area contributed by atoms with Gasteiger partial charge in [0, 0.05) is 24.1 Å². The topological polar surface area (TPSA) is 126 Å². The number of aromatic nitrogens is 2. The van der Waals surface area contributed by atoms with E-state index in [4.69, 9.17) is 20.3 Å². The van der Waals surface area contributed by atoms with Gasteiger partial charge >= 0.3 is 11.9 Å². The highest BCUT2D eigenvalue weighted by Crippen LogP contribution is 2.38. The molecule has 1 aromatic carbocycles. The van der Waals surface area contributed by atoms with Crippen molar-refractivity contribution in [2.45, 2.75) is 39.7 Å². The molecule has 3 rings (SSSR count). The fourth-order valence-corrected chi connectivity index (χ4v) is 3.52. The first-order valence-corrected chi connectivity index (χ1v) is 11.5. The highest BCUT2D eigenvalue weighted by atomic mass is 16.7. The molecule has 0 saturated heterocycles. The van der Waals surface area contributed by atoms with Gasteiger partial charge in [-0.15, -0.1) is 0 Å². The monoisotopic (exact) mass is 490 g/mol. The third kappa shape index (κ3) is 6.65. The molecule has 2 aromatic heterocycles. The standard InChI is InChI=1S/C27H30N4O5/c1-18(2)27(4,24-13-12-23(15-30-24)35-16-22-7-5-6-14-29-22)21-10-8-20(9-11-21)26(28)31-36-25(33)17-34-19(3)32/h5-15,18H,16-17H2,1-4H3,(H2,28,31). The van der Waals surface area contributed by atoms with Crippen molar-refractivity contribution in [2.24, 2.45) is 16.8 Å². The van der Waals surface area contributed by atoms with Crippen molar-refractivity contribution in [3.8, 4) is 5.75 Å². The van der Waals surface area contributed by atoms with Crippen LogP contribution in [-0.2, 0) is 31.2 Å². The minimum Gasteiger partial charge on any atom is -0.486 e. The van der Waals surface area contributed by atoms with E-state index in [2.05, 4.69) is 35.6 Å². The fourth-order valence-electron chi connectivity index (χ4n) is 3.52. The van der Waals surface area contributed by atoms with Gasteiger partial charge in [0.25, 0.3) is 0 Å². The predicted molar refractivity (Wildman–Crippen MR) is 134 cm³/mol. The molecule has 188 valence electrons. The molecular weight excluding hydrogens is 460 g/mol. The molecule has 36 heavy (non-hydrogen) atoms. The van der Waals surface area contributed by atoms with E-state index in [-0.39, 0.29) is 17.2 Å². The summed E-state index contributed by atoms with van der Waals surface area (Å²) in [5, 5.41) is 3.63. The second-order valence-corrected chi connectivity index (χ2v) is 8.64. The lowest BCUT2D eigenvalue weighted by Gasteiger charge is -2.34. The third-order valence-electron chi connectivity index (χ3n) is 5.96. The number of nitrogens with two attached hydrogens (primary N) is 1. The summed E-state index contributed by atoms with van der Waals surface area (Å²) in [4.78, 5) is 36.0. The number of hydrogen-bond acceptors (Lipinski definition) is 8. The molecule has 0 fully saturated rings. The Hall–Kier alpha value is -4.27. The van der Waals surface area contributed by atoms with Gasteiger partial charge < -0.3 is 20.0 Å². The first-order chi connectivity index (χ1) is 17.2.